The predicted octanol–water partition coefficient (Wildman–Crippen LogP) is 5.32. The number of alkyl halides is 2. The molecule has 11 nitrogen and oxygen atoms in total. The zero-order valence-corrected chi connectivity index (χ0v) is 26.0. The third kappa shape index (κ3) is 7.89. The van der Waals surface area contributed by atoms with Crippen molar-refractivity contribution in [1.29, 1.82) is 0 Å². The van der Waals surface area contributed by atoms with Gasteiger partial charge in [0.15, 0.2) is 11.5 Å². The number of hydrogen-bond acceptors (Lipinski definition) is 8. The number of fused-ring (bicyclic) bond motifs is 1. The van der Waals surface area contributed by atoms with Crippen LogP contribution in [-0.4, -0.2) is 61.1 Å². The van der Waals surface area contributed by atoms with Gasteiger partial charge in [-0.1, -0.05) is 24.3 Å². The highest BCUT2D eigenvalue weighted by atomic mass is 19.3. The molecule has 13 heteroatoms. The fourth-order valence-electron chi connectivity index (χ4n) is 4.93. The maximum absolute atomic E-state index is 13.5. The molecule has 1 aliphatic heterocycles. The monoisotopic (exact) mass is 638 g/mol. The lowest BCUT2D eigenvalue weighted by Crippen LogP contribution is -2.34. The van der Waals surface area contributed by atoms with Crippen LogP contribution in [0.15, 0.2) is 54.6 Å². The second kappa shape index (κ2) is 12.9. The minimum absolute atomic E-state index is 0.0799. The zero-order valence-electron chi connectivity index (χ0n) is 26.0. The third-order valence-corrected chi connectivity index (χ3v) is 7.32. The van der Waals surface area contributed by atoms with Gasteiger partial charge in [-0.15, -0.1) is 8.78 Å². The maximum atomic E-state index is 13.5. The van der Waals surface area contributed by atoms with Crippen LogP contribution in [0.25, 0.3) is 11.3 Å². The molecule has 2 aliphatic rings. The smallest absolute Gasteiger partial charge is 0.444 e. The molecule has 3 amide bonds. The van der Waals surface area contributed by atoms with Gasteiger partial charge in [0, 0.05) is 24.2 Å². The van der Waals surface area contributed by atoms with Crippen LogP contribution >= 0.6 is 0 Å². The van der Waals surface area contributed by atoms with E-state index < -0.39 is 23.4 Å². The number of aromatic nitrogens is 1. The molecule has 2 aromatic carbocycles. The number of nitrogens with zero attached hydrogens (tertiary/aromatic N) is 1. The van der Waals surface area contributed by atoms with Crippen molar-refractivity contribution >= 4 is 23.7 Å². The number of benzene rings is 2. The van der Waals surface area contributed by atoms with E-state index in [4.69, 9.17) is 9.47 Å². The van der Waals surface area contributed by atoms with Gasteiger partial charge in [0.1, 0.15) is 11.4 Å². The van der Waals surface area contributed by atoms with Gasteiger partial charge in [0.05, 0.1) is 24.3 Å². The average molecular weight is 639 g/mol. The quantitative estimate of drug-likeness (QED) is 0.240. The lowest BCUT2D eigenvalue weighted by Gasteiger charge is -2.19. The summed E-state index contributed by atoms with van der Waals surface area (Å²) in [7, 11) is 0. The molecule has 5 rings (SSSR count). The summed E-state index contributed by atoms with van der Waals surface area (Å²) in [6.45, 7) is 8.27. The Bertz CT molecular complexity index is 1640. The number of carbonyl (C=O) groups excluding carboxylic acids is 3. The lowest BCUT2D eigenvalue weighted by molar-refractivity contribution is -0.286. The molecule has 0 spiro atoms. The first-order chi connectivity index (χ1) is 21.7. The second-order valence-corrected chi connectivity index (χ2v) is 12.1. The maximum Gasteiger partial charge on any atom is 0.586 e. The lowest BCUT2D eigenvalue weighted by atomic mass is 9.94. The number of halogens is 2. The number of amides is 3. The van der Waals surface area contributed by atoms with Gasteiger partial charge in [-0.05, 0) is 82.0 Å². The number of pyridine rings is 1. The molecule has 3 N–H and O–H groups in total. The first kappa shape index (κ1) is 32.6. The molecule has 0 unspecified atom stereocenters. The van der Waals surface area contributed by atoms with Crippen LogP contribution in [0.3, 0.4) is 0 Å². The van der Waals surface area contributed by atoms with Gasteiger partial charge in [-0.2, -0.15) is 0 Å². The third-order valence-electron chi connectivity index (χ3n) is 7.32. The number of alkyl carbamates (subject to hydrolysis) is 1. The minimum atomic E-state index is -3.74. The van der Waals surface area contributed by atoms with E-state index in [-0.39, 0.29) is 49.6 Å². The number of rotatable bonds is 11. The minimum Gasteiger partial charge on any atom is -0.444 e. The van der Waals surface area contributed by atoms with Crippen molar-refractivity contribution in [3.63, 3.8) is 0 Å². The molecule has 2 heterocycles. The molecular formula is C33H36F2N4O7. The Kier molecular flexibility index (Phi) is 9.15. The molecule has 0 radical (unpaired) electrons. The van der Waals surface area contributed by atoms with E-state index in [1.165, 1.54) is 12.1 Å². The Labute approximate surface area is 265 Å². The van der Waals surface area contributed by atoms with E-state index in [9.17, 15) is 23.2 Å². The first-order valence-electron chi connectivity index (χ1n) is 14.9. The molecule has 0 bridgehead atoms. The van der Waals surface area contributed by atoms with Crippen LogP contribution in [0.4, 0.5) is 19.4 Å². The molecule has 1 fully saturated rings. The van der Waals surface area contributed by atoms with Gasteiger partial charge in [0.25, 0.3) is 5.91 Å². The van der Waals surface area contributed by atoms with Crippen LogP contribution in [0.2, 0.25) is 0 Å². The summed E-state index contributed by atoms with van der Waals surface area (Å²) in [5.41, 5.74) is 1.61. The highest BCUT2D eigenvalue weighted by molar-refractivity contribution is 6.01. The van der Waals surface area contributed by atoms with Crippen molar-refractivity contribution in [3.05, 3.63) is 71.3 Å². The topological polar surface area (TPSA) is 137 Å². The zero-order chi connectivity index (χ0) is 33.1. The highest BCUT2D eigenvalue weighted by Crippen LogP contribution is 2.52. The fourth-order valence-corrected chi connectivity index (χ4v) is 4.93. The molecular weight excluding hydrogens is 602 g/mol. The Morgan fingerprint density at radius 3 is 2.37 bits per heavy atom. The van der Waals surface area contributed by atoms with E-state index in [1.807, 2.05) is 19.1 Å². The Balaban J connectivity index is 1.16. The van der Waals surface area contributed by atoms with Gasteiger partial charge in [0.2, 0.25) is 5.91 Å². The molecule has 1 aliphatic carbocycles. The Morgan fingerprint density at radius 2 is 1.65 bits per heavy atom. The first-order valence-corrected chi connectivity index (χ1v) is 14.9. The van der Waals surface area contributed by atoms with E-state index in [0.717, 1.165) is 5.56 Å². The Morgan fingerprint density at radius 1 is 0.935 bits per heavy atom. The molecule has 46 heavy (non-hydrogen) atoms. The van der Waals surface area contributed by atoms with Crippen LogP contribution in [0.5, 0.6) is 11.5 Å². The fraction of sp³-hybridized carbons (Fsp3) is 0.394. The number of ether oxygens (including phenoxy) is 4. The summed E-state index contributed by atoms with van der Waals surface area (Å²) >= 11 is 0. The summed E-state index contributed by atoms with van der Waals surface area (Å²) in [4.78, 5) is 42.5. The highest BCUT2D eigenvalue weighted by Gasteiger charge is 2.53. The van der Waals surface area contributed by atoms with Crippen molar-refractivity contribution in [1.82, 2.24) is 15.6 Å². The van der Waals surface area contributed by atoms with Gasteiger partial charge >= 0.3 is 12.4 Å². The molecule has 0 atom stereocenters. The number of hydrogen-bond donors (Lipinski definition) is 3. The van der Waals surface area contributed by atoms with Crippen LogP contribution in [-0.2, 0) is 19.7 Å². The second-order valence-electron chi connectivity index (χ2n) is 12.1. The summed E-state index contributed by atoms with van der Waals surface area (Å²) in [6, 6.07) is 14.9. The molecule has 1 saturated carbocycles. The number of anilines is 1. The largest absolute Gasteiger partial charge is 0.586 e. The summed E-state index contributed by atoms with van der Waals surface area (Å²) in [5.74, 6) is -0.476. The van der Waals surface area contributed by atoms with Crippen LogP contribution in [0, 0.1) is 6.92 Å². The molecule has 1 aromatic heterocycles. The summed E-state index contributed by atoms with van der Waals surface area (Å²) in [5, 5.41) is 8.28. The molecule has 3 aromatic rings. The normalized spacial score (nSPS) is 15.5. The van der Waals surface area contributed by atoms with Gasteiger partial charge in [-0.3, -0.25) is 9.59 Å². The van der Waals surface area contributed by atoms with Crippen LogP contribution < -0.4 is 25.4 Å². The molecule has 0 saturated heterocycles. The van der Waals surface area contributed by atoms with Crippen LogP contribution in [0.1, 0.15) is 55.1 Å². The standard InChI is InChI=1S/C33H36F2N4O7/c1-20-8-11-26(39-29(41)32(12-13-32)23-9-10-24-25(19-23)45-33(34,35)44-24)38-27(20)21-6-5-7-22(18-21)28(40)36-14-16-43-17-15-37-30(42)46-31(2,3)4/h5-11,18-19H,12-17H2,1-4H3,(H,36,40)(H,37,42)(H,38,39,41). The van der Waals surface area contributed by atoms with Gasteiger partial charge < -0.3 is 34.9 Å². The predicted molar refractivity (Wildman–Crippen MR) is 164 cm³/mol. The van der Waals surface area contributed by atoms with Crippen molar-refractivity contribution in [3.8, 4) is 22.8 Å². The molecule has 244 valence electrons. The Hall–Kier alpha value is -4.78. The number of aryl methyl sites for hydroxylation is 1. The van der Waals surface area contributed by atoms with E-state index in [1.54, 1.807) is 51.1 Å². The average Bonchev–Trinajstić information content (AvgIpc) is 3.73. The van der Waals surface area contributed by atoms with Crippen molar-refractivity contribution in [2.24, 2.45) is 0 Å². The summed E-state index contributed by atoms with van der Waals surface area (Å²) in [6.07, 6.45) is -3.18. The van der Waals surface area contributed by atoms with E-state index in [2.05, 4.69) is 30.4 Å². The van der Waals surface area contributed by atoms with Crippen molar-refractivity contribution in [2.75, 3.05) is 31.6 Å². The van der Waals surface area contributed by atoms with Crippen molar-refractivity contribution < 1.29 is 42.1 Å². The van der Waals surface area contributed by atoms with Crippen molar-refractivity contribution in [2.45, 2.75) is 57.8 Å². The van der Waals surface area contributed by atoms with Gasteiger partial charge in [-0.25, -0.2) is 9.78 Å². The van der Waals surface area contributed by atoms with E-state index >= 15 is 0 Å². The number of carbonyl (C=O) groups is 3. The SMILES string of the molecule is Cc1ccc(NC(=O)C2(c3ccc4c(c3)OC(F)(F)O4)CC2)nc1-c1cccc(C(=O)NCCOCCNC(=O)OC(C)(C)C)c1. The number of nitrogens with one attached hydrogen (secondary N) is 3. The van der Waals surface area contributed by atoms with E-state index in [0.29, 0.717) is 41.0 Å². The summed E-state index contributed by atoms with van der Waals surface area (Å²) < 4.78 is 46.7.